The number of aromatic amines is 1. The summed E-state index contributed by atoms with van der Waals surface area (Å²) < 4.78 is 11.6. The smallest absolute Gasteiger partial charge is 0.253 e. The summed E-state index contributed by atoms with van der Waals surface area (Å²) in [6, 6.07) is 6.15. The number of hydrogen-bond donors (Lipinski definition) is 2. The molecule has 3 heterocycles. The molecule has 2 N–H and O–H groups in total. The van der Waals surface area contributed by atoms with E-state index in [2.05, 4.69) is 28.2 Å². The van der Waals surface area contributed by atoms with Gasteiger partial charge in [-0.1, -0.05) is 12.1 Å². The van der Waals surface area contributed by atoms with Crippen molar-refractivity contribution >= 4 is 28.2 Å². The number of benzene rings is 1. The number of rotatable bonds is 6. The minimum atomic E-state index is -0.0598. The van der Waals surface area contributed by atoms with Crippen molar-refractivity contribution in [2.24, 2.45) is 0 Å². The van der Waals surface area contributed by atoms with E-state index in [0.717, 1.165) is 66.5 Å². The number of ether oxygens (including phenoxy) is 2. The quantitative estimate of drug-likeness (QED) is 0.688. The van der Waals surface area contributed by atoms with Crippen molar-refractivity contribution < 1.29 is 9.47 Å². The molecule has 2 aliphatic heterocycles. The van der Waals surface area contributed by atoms with E-state index >= 15 is 0 Å². The van der Waals surface area contributed by atoms with Crippen LogP contribution in [0.25, 0.3) is 10.9 Å². The summed E-state index contributed by atoms with van der Waals surface area (Å²) >= 11 is 5.72. The summed E-state index contributed by atoms with van der Waals surface area (Å²) in [5, 5.41) is 5.10. The predicted molar refractivity (Wildman–Crippen MR) is 123 cm³/mol. The standard InChI is InChI=1S/C23H31N3O3S/c1-15-7-8-16(2)21-20(15)11-17(22(27)25-21)13-26(14-19-6-4-10-29-19)23(30)24-12-18-5-3-9-28-18/h7-8,11,18-19H,3-6,9-10,12-14H2,1-2H3,(H,24,30)(H,25,27)/t18-,19-/m1/s1. The molecule has 0 spiro atoms. The Hall–Kier alpha value is -1.96. The molecule has 2 aliphatic rings. The third-order valence-corrected chi connectivity index (χ3v) is 6.52. The van der Waals surface area contributed by atoms with Gasteiger partial charge in [0.2, 0.25) is 0 Å². The maximum atomic E-state index is 12.9. The van der Waals surface area contributed by atoms with Crippen molar-refractivity contribution in [3.63, 3.8) is 0 Å². The molecule has 0 bridgehead atoms. The number of pyridine rings is 1. The molecule has 0 aliphatic carbocycles. The van der Waals surface area contributed by atoms with Crippen LogP contribution in [0.1, 0.15) is 42.4 Å². The molecule has 0 radical (unpaired) electrons. The van der Waals surface area contributed by atoms with Crippen molar-refractivity contribution in [3.8, 4) is 0 Å². The monoisotopic (exact) mass is 429 g/mol. The fraction of sp³-hybridized carbons (Fsp3) is 0.565. The van der Waals surface area contributed by atoms with Gasteiger partial charge in [-0.3, -0.25) is 4.79 Å². The fourth-order valence-electron chi connectivity index (χ4n) is 4.31. The lowest BCUT2D eigenvalue weighted by molar-refractivity contribution is 0.0885. The minimum absolute atomic E-state index is 0.0598. The van der Waals surface area contributed by atoms with Crippen LogP contribution in [0.4, 0.5) is 0 Å². The molecule has 1 aromatic heterocycles. The van der Waals surface area contributed by atoms with E-state index < -0.39 is 0 Å². The van der Waals surface area contributed by atoms with E-state index in [1.165, 1.54) is 0 Å². The molecule has 4 rings (SSSR count). The second kappa shape index (κ2) is 9.45. The lowest BCUT2D eigenvalue weighted by Crippen LogP contribution is -2.45. The third kappa shape index (κ3) is 4.85. The lowest BCUT2D eigenvalue weighted by Gasteiger charge is -2.29. The molecule has 2 atom stereocenters. The molecule has 0 amide bonds. The number of hydrogen-bond acceptors (Lipinski definition) is 4. The van der Waals surface area contributed by atoms with Crippen LogP contribution in [0.15, 0.2) is 23.0 Å². The van der Waals surface area contributed by atoms with Gasteiger partial charge in [0.15, 0.2) is 5.11 Å². The summed E-state index contributed by atoms with van der Waals surface area (Å²) in [5.41, 5.74) is 3.79. The molecular weight excluding hydrogens is 398 g/mol. The highest BCUT2D eigenvalue weighted by Crippen LogP contribution is 2.21. The van der Waals surface area contributed by atoms with Crippen LogP contribution in [0.5, 0.6) is 0 Å². The number of nitrogens with one attached hydrogen (secondary N) is 2. The van der Waals surface area contributed by atoms with E-state index in [-0.39, 0.29) is 17.8 Å². The molecule has 7 heteroatoms. The van der Waals surface area contributed by atoms with Gasteiger partial charge in [0, 0.05) is 37.3 Å². The summed E-state index contributed by atoms with van der Waals surface area (Å²) in [4.78, 5) is 18.0. The zero-order chi connectivity index (χ0) is 21.1. The van der Waals surface area contributed by atoms with Crippen LogP contribution in [-0.2, 0) is 16.0 Å². The molecule has 1 aromatic carbocycles. The average Bonchev–Trinajstić information content (AvgIpc) is 3.43. The molecule has 0 saturated carbocycles. The normalized spacial score (nSPS) is 21.3. The Labute approximate surface area is 182 Å². The Balaban J connectivity index is 1.55. The van der Waals surface area contributed by atoms with Crippen molar-refractivity contribution in [3.05, 3.63) is 45.2 Å². The second-order valence-corrected chi connectivity index (χ2v) is 8.84. The molecule has 2 fully saturated rings. The number of aromatic nitrogens is 1. The van der Waals surface area contributed by atoms with Gasteiger partial charge >= 0.3 is 0 Å². The van der Waals surface area contributed by atoms with Gasteiger partial charge in [-0.25, -0.2) is 0 Å². The molecular formula is C23H31N3O3S. The third-order valence-electron chi connectivity index (χ3n) is 6.12. The van der Waals surface area contributed by atoms with Gasteiger partial charge in [0.1, 0.15) is 0 Å². The van der Waals surface area contributed by atoms with Gasteiger partial charge in [-0.05, 0) is 68.9 Å². The number of nitrogens with zero attached hydrogens (tertiary/aromatic N) is 1. The highest BCUT2D eigenvalue weighted by Gasteiger charge is 2.23. The number of H-pyrrole nitrogens is 1. The fourth-order valence-corrected chi connectivity index (χ4v) is 4.54. The summed E-state index contributed by atoms with van der Waals surface area (Å²) in [6.45, 7) is 7.55. The molecule has 2 aromatic rings. The average molecular weight is 430 g/mol. The number of fused-ring (bicyclic) bond motifs is 1. The van der Waals surface area contributed by atoms with Crippen LogP contribution in [-0.4, -0.2) is 53.5 Å². The first-order chi connectivity index (χ1) is 14.5. The van der Waals surface area contributed by atoms with Crippen LogP contribution in [0.2, 0.25) is 0 Å². The molecule has 30 heavy (non-hydrogen) atoms. The molecule has 2 saturated heterocycles. The van der Waals surface area contributed by atoms with E-state index in [1.54, 1.807) is 0 Å². The van der Waals surface area contributed by atoms with Crippen LogP contribution < -0.4 is 10.9 Å². The molecule has 6 nitrogen and oxygen atoms in total. The highest BCUT2D eigenvalue weighted by atomic mass is 32.1. The maximum absolute atomic E-state index is 12.9. The Kier molecular flexibility index (Phi) is 6.71. The largest absolute Gasteiger partial charge is 0.376 e. The first-order valence-electron chi connectivity index (χ1n) is 10.9. The van der Waals surface area contributed by atoms with E-state index in [1.807, 2.05) is 19.1 Å². The van der Waals surface area contributed by atoms with Gasteiger partial charge in [0.05, 0.1) is 24.3 Å². The van der Waals surface area contributed by atoms with Crippen molar-refractivity contribution in [1.82, 2.24) is 15.2 Å². The van der Waals surface area contributed by atoms with Crippen LogP contribution in [0, 0.1) is 13.8 Å². The van der Waals surface area contributed by atoms with Gasteiger partial charge < -0.3 is 24.7 Å². The summed E-state index contributed by atoms with van der Waals surface area (Å²) in [5.74, 6) is 0. The summed E-state index contributed by atoms with van der Waals surface area (Å²) in [7, 11) is 0. The van der Waals surface area contributed by atoms with Crippen LogP contribution >= 0.6 is 12.2 Å². The number of thiocarbonyl (C=S) groups is 1. The Morgan fingerprint density at radius 1 is 1.17 bits per heavy atom. The minimum Gasteiger partial charge on any atom is -0.376 e. The number of aryl methyl sites for hydroxylation is 2. The maximum Gasteiger partial charge on any atom is 0.253 e. The van der Waals surface area contributed by atoms with Crippen LogP contribution in [0.3, 0.4) is 0 Å². The van der Waals surface area contributed by atoms with Crippen molar-refractivity contribution in [1.29, 1.82) is 0 Å². The van der Waals surface area contributed by atoms with E-state index in [0.29, 0.717) is 24.7 Å². The first-order valence-corrected chi connectivity index (χ1v) is 11.3. The van der Waals surface area contributed by atoms with Gasteiger partial charge in [0.25, 0.3) is 5.56 Å². The van der Waals surface area contributed by atoms with E-state index in [4.69, 9.17) is 21.7 Å². The lowest BCUT2D eigenvalue weighted by atomic mass is 10.0. The second-order valence-electron chi connectivity index (χ2n) is 8.45. The Morgan fingerprint density at radius 3 is 2.57 bits per heavy atom. The highest BCUT2D eigenvalue weighted by molar-refractivity contribution is 7.80. The van der Waals surface area contributed by atoms with E-state index in [9.17, 15) is 4.79 Å². The Bertz CT molecular complexity index is 962. The van der Waals surface area contributed by atoms with Gasteiger partial charge in [-0.15, -0.1) is 0 Å². The summed E-state index contributed by atoms with van der Waals surface area (Å²) in [6.07, 6.45) is 4.62. The zero-order valence-electron chi connectivity index (χ0n) is 17.8. The molecule has 162 valence electrons. The van der Waals surface area contributed by atoms with Crippen molar-refractivity contribution in [2.75, 3.05) is 26.3 Å². The van der Waals surface area contributed by atoms with Crippen molar-refractivity contribution in [2.45, 2.75) is 58.3 Å². The molecule has 0 unspecified atom stereocenters. The topological polar surface area (TPSA) is 66.6 Å². The SMILES string of the molecule is Cc1ccc(C)c2[nH]c(=O)c(CN(C[C@H]3CCCO3)C(=S)NC[C@H]3CCCO3)cc12. The predicted octanol–water partition coefficient (Wildman–Crippen LogP) is 3.18. The van der Waals surface area contributed by atoms with Gasteiger partial charge in [-0.2, -0.15) is 0 Å². The Morgan fingerprint density at radius 2 is 1.87 bits per heavy atom. The zero-order valence-corrected chi connectivity index (χ0v) is 18.6. The first kappa shape index (κ1) is 21.3.